The minimum Gasteiger partial charge on any atom is -0.457 e. The number of fused-ring (bicyclic) bond motifs is 6. The summed E-state index contributed by atoms with van der Waals surface area (Å²) in [5.74, 6) is 2.42. The standard InChI is InChI=1S/C45H28N2O/c1-3-14-30(15-4-1)44-46-39(28-40(47-44)35-21-11-16-29-13-7-8-19-33(29)35)31-25-26-38-42(27-31)48-41-24-12-22-36-34-20-9-10-23-37(34)45(38,43(36)41)32-17-5-2-6-18-32/h1-28H. The summed E-state index contributed by atoms with van der Waals surface area (Å²) in [5.41, 5.74) is 11.6. The van der Waals surface area contributed by atoms with E-state index in [0.717, 1.165) is 50.5 Å². The van der Waals surface area contributed by atoms with Gasteiger partial charge in [-0.15, -0.1) is 0 Å². The maximum Gasteiger partial charge on any atom is 0.160 e. The second kappa shape index (κ2) is 10.3. The van der Waals surface area contributed by atoms with Crippen LogP contribution in [0, 0.1) is 0 Å². The van der Waals surface area contributed by atoms with Crippen molar-refractivity contribution >= 4 is 10.8 Å². The smallest absolute Gasteiger partial charge is 0.160 e. The van der Waals surface area contributed by atoms with Gasteiger partial charge in [0.05, 0.1) is 16.8 Å². The molecule has 48 heavy (non-hydrogen) atoms. The van der Waals surface area contributed by atoms with E-state index in [4.69, 9.17) is 14.7 Å². The van der Waals surface area contributed by atoms with Crippen LogP contribution in [0.3, 0.4) is 0 Å². The highest BCUT2D eigenvalue weighted by atomic mass is 16.5. The predicted octanol–water partition coefficient (Wildman–Crippen LogP) is 11.1. The summed E-state index contributed by atoms with van der Waals surface area (Å²) in [5, 5.41) is 2.34. The van der Waals surface area contributed by atoms with Gasteiger partial charge in [0.25, 0.3) is 0 Å². The van der Waals surface area contributed by atoms with Crippen LogP contribution in [0.1, 0.15) is 22.3 Å². The largest absolute Gasteiger partial charge is 0.457 e. The van der Waals surface area contributed by atoms with Gasteiger partial charge in [0, 0.05) is 27.8 Å². The lowest BCUT2D eigenvalue weighted by Crippen LogP contribution is -2.31. The maximum atomic E-state index is 6.85. The van der Waals surface area contributed by atoms with E-state index < -0.39 is 5.41 Å². The van der Waals surface area contributed by atoms with Gasteiger partial charge >= 0.3 is 0 Å². The molecule has 1 unspecified atom stereocenters. The summed E-state index contributed by atoms with van der Waals surface area (Å²) >= 11 is 0. The molecule has 3 heteroatoms. The van der Waals surface area contributed by atoms with Crippen molar-refractivity contribution in [1.29, 1.82) is 0 Å². The van der Waals surface area contributed by atoms with Gasteiger partial charge in [-0.1, -0.05) is 152 Å². The number of aromatic nitrogens is 2. The van der Waals surface area contributed by atoms with Crippen LogP contribution in [-0.4, -0.2) is 9.97 Å². The van der Waals surface area contributed by atoms with E-state index in [0.29, 0.717) is 5.82 Å². The van der Waals surface area contributed by atoms with Crippen LogP contribution >= 0.6 is 0 Å². The summed E-state index contributed by atoms with van der Waals surface area (Å²) < 4.78 is 6.85. The first kappa shape index (κ1) is 26.9. The number of nitrogens with zero attached hydrogens (tertiary/aromatic N) is 2. The topological polar surface area (TPSA) is 35.0 Å². The molecule has 0 saturated carbocycles. The van der Waals surface area contributed by atoms with Crippen LogP contribution in [0.15, 0.2) is 170 Å². The molecule has 0 radical (unpaired) electrons. The Kier molecular flexibility index (Phi) is 5.79. The van der Waals surface area contributed by atoms with Gasteiger partial charge in [-0.25, -0.2) is 9.97 Å². The molecule has 1 atom stereocenters. The van der Waals surface area contributed by atoms with Crippen LogP contribution in [-0.2, 0) is 5.41 Å². The monoisotopic (exact) mass is 612 g/mol. The molecule has 10 rings (SSSR count). The molecular weight excluding hydrogens is 585 g/mol. The minimum atomic E-state index is -0.495. The van der Waals surface area contributed by atoms with Gasteiger partial charge in [0.1, 0.15) is 11.5 Å². The molecule has 3 nitrogen and oxygen atoms in total. The summed E-state index contributed by atoms with van der Waals surface area (Å²) in [4.78, 5) is 10.3. The molecule has 0 N–H and O–H groups in total. The van der Waals surface area contributed by atoms with E-state index in [-0.39, 0.29) is 0 Å². The molecule has 2 heterocycles. The normalized spacial score (nSPS) is 15.3. The first-order valence-corrected chi connectivity index (χ1v) is 16.3. The zero-order valence-electron chi connectivity index (χ0n) is 26.0. The molecule has 0 fully saturated rings. The van der Waals surface area contributed by atoms with Gasteiger partial charge in [0.2, 0.25) is 0 Å². The SMILES string of the molecule is c1ccc(-c2nc(-c3ccc4c(c3)Oc3cccc5c3C4(c3ccccc3)c3ccccc3-5)cc(-c3cccc4ccccc34)n2)cc1. The fraction of sp³-hybridized carbons (Fsp3) is 0.0222. The Hall–Kier alpha value is -6.32. The van der Waals surface area contributed by atoms with Gasteiger partial charge in [-0.2, -0.15) is 0 Å². The van der Waals surface area contributed by atoms with Crippen molar-refractivity contribution in [2.45, 2.75) is 5.41 Å². The first-order chi connectivity index (χ1) is 23.8. The van der Waals surface area contributed by atoms with Crippen LogP contribution < -0.4 is 4.74 Å². The Morgan fingerprint density at radius 1 is 0.438 bits per heavy atom. The van der Waals surface area contributed by atoms with Crippen molar-refractivity contribution in [3.63, 3.8) is 0 Å². The summed E-state index contributed by atoms with van der Waals surface area (Å²) in [6.45, 7) is 0. The molecule has 8 aromatic rings. The van der Waals surface area contributed by atoms with E-state index in [9.17, 15) is 0 Å². The molecule has 1 aliphatic carbocycles. The Morgan fingerprint density at radius 2 is 1.12 bits per heavy atom. The number of benzene rings is 7. The molecule has 2 aliphatic rings. The van der Waals surface area contributed by atoms with E-state index in [2.05, 4.69) is 152 Å². The van der Waals surface area contributed by atoms with Crippen LogP contribution in [0.2, 0.25) is 0 Å². The van der Waals surface area contributed by atoms with Crippen molar-refractivity contribution < 1.29 is 4.74 Å². The highest BCUT2D eigenvalue weighted by molar-refractivity contribution is 5.96. The van der Waals surface area contributed by atoms with Crippen LogP contribution in [0.4, 0.5) is 0 Å². The predicted molar refractivity (Wildman–Crippen MR) is 193 cm³/mol. The van der Waals surface area contributed by atoms with Gasteiger partial charge in [-0.05, 0) is 51.2 Å². The summed E-state index contributed by atoms with van der Waals surface area (Å²) in [7, 11) is 0. The number of rotatable bonds is 4. The molecule has 1 aromatic heterocycles. The van der Waals surface area contributed by atoms with E-state index in [1.54, 1.807) is 0 Å². The average molecular weight is 613 g/mol. The lowest BCUT2D eigenvalue weighted by atomic mass is 9.66. The third-order valence-corrected chi connectivity index (χ3v) is 9.95. The lowest BCUT2D eigenvalue weighted by molar-refractivity contribution is 0.438. The van der Waals surface area contributed by atoms with E-state index in [1.807, 2.05) is 18.2 Å². The van der Waals surface area contributed by atoms with Crippen molar-refractivity contribution in [1.82, 2.24) is 9.97 Å². The highest BCUT2D eigenvalue weighted by Gasteiger charge is 2.51. The van der Waals surface area contributed by atoms with Gasteiger partial charge in [0.15, 0.2) is 5.82 Å². The fourth-order valence-corrected chi connectivity index (χ4v) is 7.92. The van der Waals surface area contributed by atoms with Crippen molar-refractivity contribution in [3.8, 4) is 56.5 Å². The molecule has 224 valence electrons. The second-order valence-electron chi connectivity index (χ2n) is 12.5. The minimum absolute atomic E-state index is 0.495. The van der Waals surface area contributed by atoms with Gasteiger partial charge in [-0.3, -0.25) is 0 Å². The number of hydrogen-bond donors (Lipinski definition) is 0. The van der Waals surface area contributed by atoms with Crippen molar-refractivity contribution in [3.05, 3.63) is 192 Å². The van der Waals surface area contributed by atoms with Gasteiger partial charge < -0.3 is 4.74 Å². The molecule has 7 aromatic carbocycles. The molecule has 0 saturated heterocycles. The molecule has 0 amide bonds. The van der Waals surface area contributed by atoms with E-state index in [1.165, 1.54) is 33.2 Å². The Labute approximate surface area is 278 Å². The quantitative estimate of drug-likeness (QED) is 0.198. The Morgan fingerprint density at radius 3 is 2.02 bits per heavy atom. The summed E-state index contributed by atoms with van der Waals surface area (Å²) in [6.07, 6.45) is 0. The fourth-order valence-electron chi connectivity index (χ4n) is 7.92. The van der Waals surface area contributed by atoms with E-state index >= 15 is 0 Å². The first-order valence-electron chi connectivity index (χ1n) is 16.3. The van der Waals surface area contributed by atoms with Crippen LogP contribution in [0.25, 0.3) is 55.8 Å². The summed E-state index contributed by atoms with van der Waals surface area (Å²) in [6, 6.07) is 59.9. The Balaban J connectivity index is 1.21. The van der Waals surface area contributed by atoms with Crippen molar-refractivity contribution in [2.75, 3.05) is 0 Å². The molecular formula is C45H28N2O. The maximum absolute atomic E-state index is 6.85. The lowest BCUT2D eigenvalue weighted by Gasteiger charge is -2.39. The second-order valence-corrected chi connectivity index (χ2v) is 12.5. The highest BCUT2D eigenvalue weighted by Crippen LogP contribution is 2.63. The molecule has 1 aliphatic heterocycles. The zero-order valence-corrected chi connectivity index (χ0v) is 26.0. The number of ether oxygens (including phenoxy) is 1. The van der Waals surface area contributed by atoms with Crippen LogP contribution in [0.5, 0.6) is 11.5 Å². The molecule has 0 spiro atoms. The third-order valence-electron chi connectivity index (χ3n) is 9.95. The average Bonchev–Trinajstić information content (AvgIpc) is 3.47. The number of hydrogen-bond acceptors (Lipinski definition) is 3. The third kappa shape index (κ3) is 3.82. The molecule has 0 bridgehead atoms. The Bertz CT molecular complexity index is 2540. The zero-order chi connectivity index (χ0) is 31.7. The van der Waals surface area contributed by atoms with Crippen molar-refractivity contribution in [2.24, 2.45) is 0 Å².